The van der Waals surface area contributed by atoms with Gasteiger partial charge in [0.25, 0.3) is 5.91 Å². The van der Waals surface area contributed by atoms with E-state index in [0.29, 0.717) is 56.1 Å². The molecule has 1 aliphatic rings. The topological polar surface area (TPSA) is 110 Å². The van der Waals surface area contributed by atoms with Gasteiger partial charge in [0.15, 0.2) is 11.2 Å². The van der Waals surface area contributed by atoms with Crippen molar-refractivity contribution in [1.29, 1.82) is 0 Å². The van der Waals surface area contributed by atoms with Crippen molar-refractivity contribution in [2.24, 2.45) is 0 Å². The lowest BCUT2D eigenvalue weighted by Crippen LogP contribution is -2.38. The summed E-state index contributed by atoms with van der Waals surface area (Å²) in [4.78, 5) is 38.3. The van der Waals surface area contributed by atoms with Crippen molar-refractivity contribution in [3.05, 3.63) is 75.9 Å². The number of halogens is 3. The molecule has 252 valence electrons. The Morgan fingerprint density at radius 3 is 2.60 bits per heavy atom. The normalized spacial score (nSPS) is 15.0. The predicted octanol–water partition coefficient (Wildman–Crippen LogP) is 7.09. The fourth-order valence-corrected chi connectivity index (χ4v) is 6.65. The van der Waals surface area contributed by atoms with Crippen LogP contribution in [-0.4, -0.2) is 80.2 Å². The Balaban J connectivity index is 1.27. The van der Waals surface area contributed by atoms with E-state index in [1.54, 1.807) is 46.7 Å². The van der Waals surface area contributed by atoms with E-state index in [4.69, 9.17) is 33.0 Å². The minimum absolute atomic E-state index is 0.147. The van der Waals surface area contributed by atoms with Gasteiger partial charge in [-0.25, -0.2) is 19.2 Å². The van der Waals surface area contributed by atoms with Gasteiger partial charge >= 0.3 is 6.09 Å². The van der Waals surface area contributed by atoms with Crippen LogP contribution in [0.4, 0.5) is 20.0 Å². The Morgan fingerprint density at radius 2 is 1.92 bits per heavy atom. The van der Waals surface area contributed by atoms with Gasteiger partial charge in [-0.3, -0.25) is 14.8 Å². The van der Waals surface area contributed by atoms with E-state index in [1.165, 1.54) is 16.0 Å². The van der Waals surface area contributed by atoms with Crippen LogP contribution in [0.15, 0.2) is 54.4 Å². The van der Waals surface area contributed by atoms with Crippen molar-refractivity contribution in [3.8, 4) is 11.1 Å². The van der Waals surface area contributed by atoms with E-state index in [2.05, 4.69) is 15.3 Å². The lowest BCUT2D eigenvalue weighted by atomic mass is 10.0. The largest absolute Gasteiger partial charge is 0.444 e. The first-order valence-electron chi connectivity index (χ1n) is 15.3. The molecule has 0 bridgehead atoms. The Hall–Kier alpha value is -4.20. The number of benzene rings is 2. The highest BCUT2D eigenvalue weighted by Crippen LogP contribution is 2.40. The Labute approximate surface area is 291 Å². The van der Waals surface area contributed by atoms with Crippen LogP contribution in [0.1, 0.15) is 38.2 Å². The second-order valence-electron chi connectivity index (χ2n) is 12.7. The summed E-state index contributed by atoms with van der Waals surface area (Å²) < 4.78 is 23.0. The minimum atomic E-state index is -1.06. The van der Waals surface area contributed by atoms with E-state index < -0.39 is 23.7 Å². The van der Waals surface area contributed by atoms with Crippen LogP contribution in [0.3, 0.4) is 0 Å². The smallest absolute Gasteiger partial charge is 0.410 e. The number of ether oxygens (including phenoxy) is 1. The van der Waals surface area contributed by atoms with E-state index >= 15 is 0 Å². The number of hydrogen-bond donors (Lipinski definition) is 1. The predicted molar refractivity (Wildman–Crippen MR) is 187 cm³/mol. The van der Waals surface area contributed by atoms with Crippen LogP contribution in [0.25, 0.3) is 22.0 Å². The molecular formula is C33H35Cl2FN8O3S. The number of anilines is 2. The summed E-state index contributed by atoms with van der Waals surface area (Å²) in [6, 6.07) is 8.56. The number of aromatic nitrogens is 5. The van der Waals surface area contributed by atoms with Gasteiger partial charge in [-0.05, 0) is 44.5 Å². The molecule has 0 fully saturated rings. The lowest BCUT2D eigenvalue weighted by Gasteiger charge is -2.27. The van der Waals surface area contributed by atoms with Crippen LogP contribution in [-0.2, 0) is 22.5 Å². The van der Waals surface area contributed by atoms with Gasteiger partial charge in [0.1, 0.15) is 17.3 Å². The minimum Gasteiger partial charge on any atom is -0.444 e. The van der Waals surface area contributed by atoms with Gasteiger partial charge in [-0.15, -0.1) is 11.3 Å². The van der Waals surface area contributed by atoms with E-state index in [0.717, 1.165) is 11.3 Å². The van der Waals surface area contributed by atoms with Gasteiger partial charge in [-0.1, -0.05) is 35.3 Å². The lowest BCUT2D eigenvalue weighted by molar-refractivity contribution is -0.118. The molecule has 15 heteroatoms. The number of fused-ring (bicyclic) bond motifs is 2. The molecule has 1 N–H and O–H groups in total. The third-order valence-corrected chi connectivity index (χ3v) is 9.41. The number of carbonyl (C=O) groups is 2. The molecule has 5 aromatic rings. The molecule has 1 unspecified atom stereocenters. The van der Waals surface area contributed by atoms with Gasteiger partial charge in [0.05, 0.1) is 28.6 Å². The average molecular weight is 714 g/mol. The van der Waals surface area contributed by atoms with Crippen molar-refractivity contribution in [3.63, 3.8) is 0 Å². The molecule has 0 aliphatic carbocycles. The third-order valence-electron chi connectivity index (χ3n) is 8.02. The van der Waals surface area contributed by atoms with Crippen molar-refractivity contribution in [2.75, 3.05) is 37.4 Å². The van der Waals surface area contributed by atoms with Crippen molar-refractivity contribution in [2.45, 2.75) is 51.6 Å². The van der Waals surface area contributed by atoms with Crippen molar-refractivity contribution >= 4 is 68.3 Å². The number of nitrogens with one attached hydrogen (secondary N) is 1. The van der Waals surface area contributed by atoms with Gasteiger partial charge in [-0.2, -0.15) is 5.10 Å². The number of alkyl halides is 1. The van der Waals surface area contributed by atoms with Crippen LogP contribution in [0.5, 0.6) is 0 Å². The number of likely N-dealkylation sites (N-methyl/N-ethyl adjacent to an activating group) is 2. The molecule has 48 heavy (non-hydrogen) atoms. The number of hydrogen-bond acceptors (Lipinski definition) is 8. The summed E-state index contributed by atoms with van der Waals surface area (Å²) in [5, 5.41) is 11.1. The summed E-state index contributed by atoms with van der Waals surface area (Å²) in [6.07, 6.45) is 3.53. The molecule has 11 nitrogen and oxygen atoms in total. The average Bonchev–Trinajstić information content (AvgIpc) is 3.84. The first-order chi connectivity index (χ1) is 22.8. The highest BCUT2D eigenvalue weighted by Gasteiger charge is 2.34. The Kier molecular flexibility index (Phi) is 9.38. The number of thiazole rings is 1. The van der Waals surface area contributed by atoms with Gasteiger partial charge in [0.2, 0.25) is 0 Å². The molecule has 0 saturated heterocycles. The quantitative estimate of drug-likeness (QED) is 0.174. The molecule has 2 aromatic carbocycles. The second kappa shape index (κ2) is 13.4. The summed E-state index contributed by atoms with van der Waals surface area (Å²) >= 11 is 15.1. The fraction of sp³-hybridized carbons (Fsp3) is 0.364. The fourth-order valence-electron chi connectivity index (χ4n) is 5.57. The second-order valence-corrected chi connectivity index (χ2v) is 14.4. The number of amides is 2. The SMILES string of the molecule is CN(CCN(C)c1ccc(-c2cc(Cl)c3cn(C(C(=O)Nc4nccs4)c4ncn5c4C[C@@H](F)C5)nc3c2Cl)cc1)C(=O)OC(C)(C)C. The first kappa shape index (κ1) is 33.7. The Bertz CT molecular complexity index is 1960. The first-order valence-corrected chi connectivity index (χ1v) is 16.9. The maximum absolute atomic E-state index is 14.4. The molecule has 2 atom stereocenters. The van der Waals surface area contributed by atoms with Crippen LogP contribution < -0.4 is 10.2 Å². The summed E-state index contributed by atoms with van der Waals surface area (Å²) in [7, 11) is 3.66. The molecule has 3 aromatic heterocycles. The van der Waals surface area contributed by atoms with E-state index in [1.807, 2.05) is 57.0 Å². The van der Waals surface area contributed by atoms with Crippen LogP contribution in [0, 0.1) is 0 Å². The number of imidazole rings is 1. The highest BCUT2D eigenvalue weighted by atomic mass is 35.5. The highest BCUT2D eigenvalue weighted by molar-refractivity contribution is 7.13. The zero-order chi connectivity index (χ0) is 34.3. The van der Waals surface area contributed by atoms with Gasteiger partial charge < -0.3 is 19.1 Å². The van der Waals surface area contributed by atoms with Crippen LogP contribution in [0.2, 0.25) is 10.0 Å². The van der Waals surface area contributed by atoms with Crippen LogP contribution >= 0.6 is 34.5 Å². The molecule has 0 radical (unpaired) electrons. The summed E-state index contributed by atoms with van der Waals surface area (Å²) in [6.45, 7) is 6.77. The zero-order valence-electron chi connectivity index (χ0n) is 27.1. The molecule has 6 rings (SSSR count). The molecule has 0 spiro atoms. The molecule has 0 saturated carbocycles. The zero-order valence-corrected chi connectivity index (χ0v) is 29.4. The molecule has 4 heterocycles. The number of carbonyl (C=O) groups excluding carboxylic acids is 2. The standard InChI is InChI=1S/C33H35Cl2FN8O3S/c1-33(2,3)47-32(46)42(5)12-11-41(4)21-8-6-19(7-9-21)22-15-24(34)23-17-44(40-27(23)26(22)35)29(30(45)39-31-37-10-13-48-31)28-25-14-20(36)16-43(25)18-38-28/h6-10,13,15,17-18,20,29H,11-12,14,16H2,1-5H3,(H,37,39,45)/t20-,29?/m1/s1. The van der Waals surface area contributed by atoms with Gasteiger partial charge in [0, 0.05) is 73.7 Å². The van der Waals surface area contributed by atoms with E-state index in [9.17, 15) is 14.0 Å². The molecular weight excluding hydrogens is 678 g/mol. The Morgan fingerprint density at radius 1 is 1.17 bits per heavy atom. The number of rotatable bonds is 9. The van der Waals surface area contributed by atoms with Crippen molar-refractivity contribution < 1.29 is 18.7 Å². The number of nitrogens with zero attached hydrogens (tertiary/aromatic N) is 7. The third kappa shape index (κ3) is 6.99. The maximum Gasteiger partial charge on any atom is 0.410 e. The monoisotopic (exact) mass is 712 g/mol. The molecule has 1 aliphatic heterocycles. The maximum atomic E-state index is 14.4. The summed E-state index contributed by atoms with van der Waals surface area (Å²) in [5.41, 5.74) is 3.34. The van der Waals surface area contributed by atoms with E-state index in [-0.39, 0.29) is 19.1 Å². The summed E-state index contributed by atoms with van der Waals surface area (Å²) in [5.74, 6) is -0.425. The van der Waals surface area contributed by atoms with Crippen molar-refractivity contribution in [1.82, 2.24) is 29.2 Å². The molecule has 2 amide bonds.